The number of ether oxygens (including phenoxy) is 1. The molecule has 3 amide bonds. The fourth-order valence-corrected chi connectivity index (χ4v) is 4.08. The molecule has 0 aromatic carbocycles. The molecule has 1 rings (SSSR count). The van der Waals surface area contributed by atoms with E-state index in [0.717, 1.165) is 0 Å². The molecule has 0 bridgehead atoms. The molecule has 172 valence electrons. The lowest BCUT2D eigenvalue weighted by molar-refractivity contribution is -0.142. The molecule has 0 saturated carbocycles. The summed E-state index contributed by atoms with van der Waals surface area (Å²) < 4.78 is 5.98. The normalized spacial score (nSPS) is 21.1. The quantitative estimate of drug-likeness (QED) is 0.432. The Kier molecular flexibility index (Phi) is 10.3. The first-order valence-electron chi connectivity index (χ1n) is 10.1. The van der Waals surface area contributed by atoms with E-state index in [9.17, 15) is 19.2 Å². The second-order valence-corrected chi connectivity index (χ2v) is 9.35. The first-order valence-corrected chi connectivity index (χ1v) is 11.5. The van der Waals surface area contributed by atoms with Crippen molar-refractivity contribution in [3.8, 4) is 0 Å². The average molecular weight is 445 g/mol. The molecule has 0 radical (unpaired) electrons. The molecule has 0 spiro atoms. The first-order chi connectivity index (χ1) is 13.9. The number of nitrogens with one attached hydrogen (secondary N) is 3. The lowest BCUT2D eigenvalue weighted by Gasteiger charge is -2.29. The molecule has 0 aromatic heterocycles. The van der Waals surface area contributed by atoms with Crippen LogP contribution < -0.4 is 16.0 Å². The number of thioether (sulfide) groups is 1. The minimum Gasteiger partial charge on any atom is -0.371 e. The van der Waals surface area contributed by atoms with Crippen LogP contribution in [-0.2, 0) is 23.9 Å². The van der Waals surface area contributed by atoms with Crippen molar-refractivity contribution in [3.63, 3.8) is 0 Å². The van der Waals surface area contributed by atoms with Gasteiger partial charge in [0.2, 0.25) is 17.7 Å². The van der Waals surface area contributed by atoms with Crippen molar-refractivity contribution in [3.05, 3.63) is 0 Å². The SMILES string of the molecule is CNC(=O)C[C@@H](NC(=O)[C@H](CSC)NC)C(=O)N1C[C@H](OC(C)(C)C)C[C@H]1C(C)=O. The summed E-state index contributed by atoms with van der Waals surface area (Å²) >= 11 is 1.49. The van der Waals surface area contributed by atoms with Gasteiger partial charge in [0.05, 0.1) is 30.2 Å². The minimum absolute atomic E-state index is 0.149. The topological polar surface area (TPSA) is 117 Å². The van der Waals surface area contributed by atoms with Crippen LogP contribution in [0.25, 0.3) is 0 Å². The molecule has 10 heteroatoms. The van der Waals surface area contributed by atoms with E-state index in [0.29, 0.717) is 12.2 Å². The zero-order valence-corrected chi connectivity index (χ0v) is 19.9. The van der Waals surface area contributed by atoms with Crippen molar-refractivity contribution in [2.45, 2.75) is 70.4 Å². The Labute approximate surface area is 183 Å². The highest BCUT2D eigenvalue weighted by Gasteiger charge is 2.42. The molecule has 30 heavy (non-hydrogen) atoms. The number of carbonyl (C=O) groups excluding carboxylic acids is 4. The monoisotopic (exact) mass is 444 g/mol. The van der Waals surface area contributed by atoms with Crippen LogP contribution in [0.1, 0.15) is 40.5 Å². The first kappa shape index (κ1) is 26.4. The van der Waals surface area contributed by atoms with Gasteiger partial charge >= 0.3 is 0 Å². The van der Waals surface area contributed by atoms with E-state index in [1.165, 1.54) is 30.6 Å². The van der Waals surface area contributed by atoms with E-state index >= 15 is 0 Å². The molecule has 4 atom stereocenters. The summed E-state index contributed by atoms with van der Waals surface area (Å²) in [5, 5.41) is 8.09. The standard InChI is InChI=1S/C20H36N4O5S/c1-12(25)16-8-13(29-20(2,3)4)10-24(16)19(28)14(9-17(26)22-6)23-18(27)15(21-5)11-30-7/h13-16,21H,8-11H2,1-7H3,(H,22,26)(H,23,27)/t13-,14-,15+,16+/m1/s1. The molecule has 9 nitrogen and oxygen atoms in total. The summed E-state index contributed by atoms with van der Waals surface area (Å²) in [5.74, 6) is -0.824. The number of hydrogen-bond acceptors (Lipinski definition) is 7. The molecule has 1 saturated heterocycles. The maximum absolute atomic E-state index is 13.3. The molecule has 1 fully saturated rings. The summed E-state index contributed by atoms with van der Waals surface area (Å²) in [6, 6.07) is -2.20. The fraction of sp³-hybridized carbons (Fsp3) is 0.800. The lowest BCUT2D eigenvalue weighted by Crippen LogP contribution is -2.56. The third-order valence-corrected chi connectivity index (χ3v) is 5.48. The number of hydrogen-bond donors (Lipinski definition) is 3. The van der Waals surface area contributed by atoms with Gasteiger partial charge in [-0.2, -0.15) is 11.8 Å². The molecule has 1 heterocycles. The summed E-state index contributed by atoms with van der Waals surface area (Å²) in [6.07, 6.45) is 1.77. The minimum atomic E-state index is -1.06. The Morgan fingerprint density at radius 3 is 2.27 bits per heavy atom. The van der Waals surface area contributed by atoms with E-state index < -0.39 is 29.6 Å². The number of Topliss-reactive ketones (excluding diaryl/α,β-unsaturated/α-hetero) is 1. The maximum atomic E-state index is 13.3. The van der Waals surface area contributed by atoms with Crippen LogP contribution in [0.3, 0.4) is 0 Å². The van der Waals surface area contributed by atoms with Gasteiger partial charge < -0.3 is 25.6 Å². The summed E-state index contributed by atoms with van der Waals surface area (Å²) in [5.41, 5.74) is -0.418. The molecule has 0 aliphatic carbocycles. The second-order valence-electron chi connectivity index (χ2n) is 8.44. The van der Waals surface area contributed by atoms with Crippen molar-refractivity contribution in [2.24, 2.45) is 0 Å². The maximum Gasteiger partial charge on any atom is 0.246 e. The summed E-state index contributed by atoms with van der Waals surface area (Å²) in [7, 11) is 3.13. The van der Waals surface area contributed by atoms with Gasteiger partial charge in [-0.05, 0) is 41.0 Å². The Hall–Kier alpha value is -1.65. The van der Waals surface area contributed by atoms with Crippen LogP contribution in [0.15, 0.2) is 0 Å². The van der Waals surface area contributed by atoms with E-state index in [1.807, 2.05) is 27.0 Å². The van der Waals surface area contributed by atoms with Gasteiger partial charge in [0.1, 0.15) is 6.04 Å². The zero-order chi connectivity index (χ0) is 23.1. The summed E-state index contributed by atoms with van der Waals surface area (Å²) in [4.78, 5) is 51.6. The van der Waals surface area contributed by atoms with Crippen LogP contribution in [0, 0.1) is 0 Å². The number of ketones is 1. The number of nitrogens with zero attached hydrogens (tertiary/aromatic N) is 1. The highest BCUT2D eigenvalue weighted by atomic mass is 32.2. The number of carbonyl (C=O) groups is 4. The molecular formula is C20H36N4O5S. The predicted molar refractivity (Wildman–Crippen MR) is 117 cm³/mol. The number of likely N-dealkylation sites (tertiary alicyclic amines) is 1. The third kappa shape index (κ3) is 7.88. The molecule has 1 aliphatic rings. The molecule has 1 aliphatic heterocycles. The van der Waals surface area contributed by atoms with Gasteiger partial charge in [-0.15, -0.1) is 0 Å². The Morgan fingerprint density at radius 2 is 1.80 bits per heavy atom. The summed E-state index contributed by atoms with van der Waals surface area (Å²) in [6.45, 7) is 7.42. The van der Waals surface area contributed by atoms with E-state index in [2.05, 4.69) is 16.0 Å². The molecule has 3 N–H and O–H groups in total. The Bertz CT molecular complexity index is 637. The van der Waals surface area contributed by atoms with Gasteiger partial charge in [-0.1, -0.05) is 0 Å². The molecule has 0 aromatic rings. The van der Waals surface area contributed by atoms with Crippen molar-refractivity contribution < 1.29 is 23.9 Å². The van der Waals surface area contributed by atoms with Gasteiger partial charge in [-0.3, -0.25) is 19.2 Å². The number of amides is 3. The van der Waals surface area contributed by atoms with Gasteiger partial charge in [0.25, 0.3) is 0 Å². The highest BCUT2D eigenvalue weighted by Crippen LogP contribution is 2.26. The number of likely N-dealkylation sites (N-methyl/N-ethyl adjacent to an activating group) is 1. The van der Waals surface area contributed by atoms with Gasteiger partial charge in [0.15, 0.2) is 5.78 Å². The Balaban J connectivity index is 3.06. The molecular weight excluding hydrogens is 408 g/mol. The zero-order valence-electron chi connectivity index (χ0n) is 19.0. The fourth-order valence-electron chi connectivity index (χ4n) is 3.43. The van der Waals surface area contributed by atoms with E-state index in [-0.39, 0.29) is 36.7 Å². The van der Waals surface area contributed by atoms with Gasteiger partial charge in [0, 0.05) is 25.8 Å². The Morgan fingerprint density at radius 1 is 1.17 bits per heavy atom. The highest BCUT2D eigenvalue weighted by molar-refractivity contribution is 7.98. The van der Waals surface area contributed by atoms with E-state index in [1.54, 1.807) is 7.05 Å². The number of rotatable bonds is 10. The van der Waals surface area contributed by atoms with Crippen LogP contribution in [0.4, 0.5) is 0 Å². The van der Waals surface area contributed by atoms with Crippen LogP contribution in [0.5, 0.6) is 0 Å². The van der Waals surface area contributed by atoms with E-state index in [4.69, 9.17) is 4.74 Å². The second kappa shape index (κ2) is 11.7. The van der Waals surface area contributed by atoms with Crippen LogP contribution >= 0.6 is 11.8 Å². The van der Waals surface area contributed by atoms with Crippen molar-refractivity contribution in [1.82, 2.24) is 20.9 Å². The van der Waals surface area contributed by atoms with Crippen molar-refractivity contribution >= 4 is 35.3 Å². The average Bonchev–Trinajstić information content (AvgIpc) is 3.06. The largest absolute Gasteiger partial charge is 0.371 e. The van der Waals surface area contributed by atoms with Crippen molar-refractivity contribution in [1.29, 1.82) is 0 Å². The lowest BCUT2D eigenvalue weighted by atomic mass is 10.1. The van der Waals surface area contributed by atoms with Gasteiger partial charge in [-0.25, -0.2) is 0 Å². The van der Waals surface area contributed by atoms with Crippen LogP contribution in [0.2, 0.25) is 0 Å². The molecule has 0 unspecified atom stereocenters. The van der Waals surface area contributed by atoms with Crippen molar-refractivity contribution in [2.75, 3.05) is 32.6 Å². The smallest absolute Gasteiger partial charge is 0.246 e. The predicted octanol–water partition coefficient (Wildman–Crippen LogP) is -0.0681. The third-order valence-electron chi connectivity index (χ3n) is 4.82. The van der Waals surface area contributed by atoms with Crippen LogP contribution in [-0.4, -0.2) is 90.9 Å².